The highest BCUT2D eigenvalue weighted by atomic mass is 32.2. The molecule has 2 heterocycles. The lowest BCUT2D eigenvalue weighted by molar-refractivity contribution is -0.128. The molecule has 1 aliphatic rings. The molecule has 7 nitrogen and oxygen atoms in total. The van der Waals surface area contributed by atoms with Gasteiger partial charge in [-0.15, -0.1) is 6.58 Å². The SMILES string of the molecule is C=CCN1C(=O)C(=Cc2ccc(OC)c(CS(=O)Cc3ccco3)c2)C(=O)NC1=S. The average molecular weight is 445 g/mol. The van der Waals surface area contributed by atoms with Gasteiger partial charge >= 0.3 is 0 Å². The lowest BCUT2D eigenvalue weighted by Gasteiger charge is -2.27. The second-order valence-corrected chi connectivity index (χ2v) is 8.24. The van der Waals surface area contributed by atoms with E-state index in [1.807, 2.05) is 0 Å². The van der Waals surface area contributed by atoms with Crippen molar-refractivity contribution in [3.8, 4) is 5.75 Å². The smallest absolute Gasteiger partial charge is 0.265 e. The minimum absolute atomic E-state index is 0.0433. The third-order valence-electron chi connectivity index (χ3n) is 4.31. The molecule has 30 heavy (non-hydrogen) atoms. The number of carbonyl (C=O) groups is 2. The summed E-state index contributed by atoms with van der Waals surface area (Å²) in [4.78, 5) is 26.3. The van der Waals surface area contributed by atoms with Gasteiger partial charge < -0.3 is 9.15 Å². The highest BCUT2D eigenvalue weighted by Crippen LogP contribution is 2.24. The standard InChI is InChI=1S/C21H20N2O5S2/c1-3-8-23-20(25)17(19(24)22-21(23)29)11-14-6-7-18(27-2)15(10-14)12-30(26)13-16-5-4-9-28-16/h3-7,9-11H,1,8,12-13H2,2H3,(H,22,24,29). The molecule has 1 saturated heterocycles. The van der Waals surface area contributed by atoms with E-state index in [9.17, 15) is 13.8 Å². The molecule has 0 saturated carbocycles. The van der Waals surface area contributed by atoms with Gasteiger partial charge in [0.05, 0.1) is 24.9 Å². The molecule has 3 rings (SSSR count). The molecular formula is C21H20N2O5S2. The number of nitrogens with one attached hydrogen (secondary N) is 1. The maximum absolute atomic E-state index is 12.7. The molecule has 0 radical (unpaired) electrons. The maximum atomic E-state index is 12.7. The lowest BCUT2D eigenvalue weighted by Crippen LogP contribution is -2.53. The van der Waals surface area contributed by atoms with E-state index < -0.39 is 22.6 Å². The van der Waals surface area contributed by atoms with Gasteiger partial charge in [0.25, 0.3) is 11.8 Å². The third-order valence-corrected chi connectivity index (χ3v) is 5.87. The fraction of sp³-hybridized carbons (Fsp3) is 0.190. The fourth-order valence-corrected chi connectivity index (χ4v) is 4.34. The van der Waals surface area contributed by atoms with Crippen LogP contribution < -0.4 is 10.1 Å². The second kappa shape index (κ2) is 9.64. The number of furan rings is 1. The van der Waals surface area contributed by atoms with E-state index in [0.717, 1.165) is 0 Å². The number of amides is 2. The fourth-order valence-electron chi connectivity index (χ4n) is 2.93. The third kappa shape index (κ3) is 4.92. The normalized spacial score (nSPS) is 16.5. The minimum atomic E-state index is -1.23. The van der Waals surface area contributed by atoms with Crippen molar-refractivity contribution in [3.63, 3.8) is 0 Å². The predicted molar refractivity (Wildman–Crippen MR) is 118 cm³/mol. The molecule has 1 unspecified atom stereocenters. The zero-order valence-corrected chi connectivity index (χ0v) is 17.9. The van der Waals surface area contributed by atoms with E-state index in [0.29, 0.717) is 22.6 Å². The first kappa shape index (κ1) is 21.7. The number of nitrogens with zero attached hydrogens (tertiary/aromatic N) is 1. The number of methoxy groups -OCH3 is 1. The summed E-state index contributed by atoms with van der Waals surface area (Å²) in [6, 6.07) is 8.69. The van der Waals surface area contributed by atoms with Crippen LogP contribution in [-0.4, -0.2) is 39.7 Å². The van der Waals surface area contributed by atoms with E-state index in [4.69, 9.17) is 21.4 Å². The van der Waals surface area contributed by atoms with Crippen molar-refractivity contribution in [2.24, 2.45) is 0 Å². The Labute approximate surface area is 181 Å². The van der Waals surface area contributed by atoms with E-state index in [1.165, 1.54) is 30.4 Å². The van der Waals surface area contributed by atoms with Crippen LogP contribution in [0.3, 0.4) is 0 Å². The summed E-state index contributed by atoms with van der Waals surface area (Å²) in [7, 11) is 0.295. The zero-order valence-electron chi connectivity index (χ0n) is 16.3. The molecule has 0 spiro atoms. The van der Waals surface area contributed by atoms with Gasteiger partial charge in [0.15, 0.2) is 5.11 Å². The number of thiocarbonyl (C=S) groups is 1. The number of ether oxygens (including phenoxy) is 1. The molecule has 1 aliphatic heterocycles. The van der Waals surface area contributed by atoms with Gasteiger partial charge in [-0.25, -0.2) is 0 Å². The Morgan fingerprint density at radius 2 is 2.10 bits per heavy atom. The average Bonchev–Trinajstić information content (AvgIpc) is 3.21. The topological polar surface area (TPSA) is 88.8 Å². The Hall–Kier alpha value is -3.04. The molecular weight excluding hydrogens is 424 g/mol. The maximum Gasteiger partial charge on any atom is 0.265 e. The summed E-state index contributed by atoms with van der Waals surface area (Å²) >= 11 is 5.05. The van der Waals surface area contributed by atoms with Crippen molar-refractivity contribution in [2.45, 2.75) is 11.5 Å². The van der Waals surface area contributed by atoms with Crippen LogP contribution in [0, 0.1) is 0 Å². The molecule has 1 aromatic carbocycles. The van der Waals surface area contributed by atoms with Gasteiger partial charge in [-0.1, -0.05) is 12.1 Å². The summed E-state index contributed by atoms with van der Waals surface area (Å²) < 4.78 is 23.2. The quantitative estimate of drug-likeness (QED) is 0.291. The Morgan fingerprint density at radius 3 is 2.77 bits per heavy atom. The number of hydrogen-bond acceptors (Lipinski definition) is 6. The number of carbonyl (C=O) groups excluding carboxylic acids is 2. The summed E-state index contributed by atoms with van der Waals surface area (Å²) in [6.45, 7) is 3.79. The van der Waals surface area contributed by atoms with Crippen LogP contribution in [0.2, 0.25) is 0 Å². The minimum Gasteiger partial charge on any atom is -0.496 e. The van der Waals surface area contributed by atoms with Crippen LogP contribution in [-0.2, 0) is 31.9 Å². The Morgan fingerprint density at radius 1 is 1.30 bits per heavy atom. The number of rotatable bonds is 8. The summed E-state index contributed by atoms with van der Waals surface area (Å²) in [5, 5.41) is 2.55. The number of hydrogen-bond donors (Lipinski definition) is 1. The van der Waals surface area contributed by atoms with Gasteiger partial charge in [0.1, 0.15) is 17.1 Å². The molecule has 1 N–H and O–H groups in total. The van der Waals surface area contributed by atoms with Crippen LogP contribution >= 0.6 is 12.2 Å². The van der Waals surface area contributed by atoms with Gasteiger partial charge in [-0.3, -0.25) is 24.0 Å². The first-order valence-corrected chi connectivity index (χ1v) is 10.9. The Bertz CT molecular complexity index is 1040. The summed E-state index contributed by atoms with van der Waals surface area (Å²) in [5.74, 6) is 0.642. The number of benzene rings is 1. The van der Waals surface area contributed by atoms with Crippen molar-refractivity contribution < 1.29 is 23.0 Å². The van der Waals surface area contributed by atoms with Gasteiger partial charge in [-0.05, 0) is 48.1 Å². The van der Waals surface area contributed by atoms with Crippen LogP contribution in [0.5, 0.6) is 5.75 Å². The molecule has 0 aliphatic carbocycles. The molecule has 9 heteroatoms. The van der Waals surface area contributed by atoms with Crippen molar-refractivity contribution in [3.05, 3.63) is 71.7 Å². The second-order valence-electron chi connectivity index (χ2n) is 6.40. The molecule has 2 amide bonds. The van der Waals surface area contributed by atoms with Crippen LogP contribution in [0.25, 0.3) is 6.08 Å². The van der Waals surface area contributed by atoms with E-state index in [-0.39, 0.29) is 28.7 Å². The Balaban J connectivity index is 1.87. The monoisotopic (exact) mass is 444 g/mol. The molecule has 1 aromatic heterocycles. The van der Waals surface area contributed by atoms with Crippen LogP contribution in [0.1, 0.15) is 16.9 Å². The first-order chi connectivity index (χ1) is 14.4. The van der Waals surface area contributed by atoms with Crippen molar-refractivity contribution in [1.82, 2.24) is 10.2 Å². The largest absolute Gasteiger partial charge is 0.496 e. The highest BCUT2D eigenvalue weighted by molar-refractivity contribution is 7.83. The summed E-state index contributed by atoms with van der Waals surface area (Å²) in [6.07, 6.45) is 4.54. The van der Waals surface area contributed by atoms with Crippen LogP contribution in [0.15, 0.2) is 59.2 Å². The van der Waals surface area contributed by atoms with E-state index in [2.05, 4.69) is 11.9 Å². The predicted octanol–water partition coefficient (Wildman–Crippen LogP) is 2.55. The van der Waals surface area contributed by atoms with Crippen molar-refractivity contribution in [1.29, 1.82) is 0 Å². The highest BCUT2D eigenvalue weighted by Gasteiger charge is 2.32. The van der Waals surface area contributed by atoms with E-state index in [1.54, 1.807) is 30.3 Å². The molecule has 156 valence electrons. The molecule has 2 aromatic rings. The van der Waals surface area contributed by atoms with Crippen LogP contribution in [0.4, 0.5) is 0 Å². The van der Waals surface area contributed by atoms with Crippen molar-refractivity contribution in [2.75, 3.05) is 13.7 Å². The van der Waals surface area contributed by atoms with Crippen molar-refractivity contribution >= 4 is 46.0 Å². The van der Waals surface area contributed by atoms with E-state index >= 15 is 0 Å². The molecule has 0 bridgehead atoms. The molecule has 1 fully saturated rings. The lowest BCUT2D eigenvalue weighted by atomic mass is 10.0. The zero-order chi connectivity index (χ0) is 21.7. The first-order valence-electron chi connectivity index (χ1n) is 8.97. The summed E-state index contributed by atoms with van der Waals surface area (Å²) in [5.41, 5.74) is 1.25. The van der Waals surface area contributed by atoms with Gasteiger partial charge in [-0.2, -0.15) is 0 Å². The Kier molecular flexibility index (Phi) is 6.96. The van der Waals surface area contributed by atoms with Gasteiger partial charge in [0.2, 0.25) is 0 Å². The van der Waals surface area contributed by atoms with Gasteiger partial charge in [0, 0.05) is 22.9 Å². The molecule has 1 atom stereocenters.